The van der Waals surface area contributed by atoms with E-state index >= 15 is 0 Å². The zero-order valence-electron chi connectivity index (χ0n) is 10.5. The van der Waals surface area contributed by atoms with Crippen molar-refractivity contribution in [1.82, 2.24) is 0 Å². The van der Waals surface area contributed by atoms with Crippen LogP contribution in [-0.2, 0) is 0 Å². The summed E-state index contributed by atoms with van der Waals surface area (Å²) in [5, 5.41) is 13.2. The first kappa shape index (κ1) is 13.7. The monoisotopic (exact) mass is 279 g/mol. The first-order valence-electron chi connectivity index (χ1n) is 5.65. The number of anilines is 3. The number of nitro groups is 1. The Kier molecular flexibility index (Phi) is 3.51. The molecule has 0 fully saturated rings. The highest BCUT2D eigenvalue weighted by molar-refractivity contribution is 5.75. The summed E-state index contributed by atoms with van der Waals surface area (Å²) in [5.41, 5.74) is 5.89. The van der Waals surface area contributed by atoms with Crippen LogP contribution < -0.4 is 11.1 Å². The van der Waals surface area contributed by atoms with Gasteiger partial charge >= 0.3 is 0 Å². The highest BCUT2D eigenvalue weighted by Crippen LogP contribution is 2.29. The van der Waals surface area contributed by atoms with Crippen LogP contribution in [0.5, 0.6) is 0 Å². The van der Waals surface area contributed by atoms with Gasteiger partial charge in [-0.3, -0.25) is 10.1 Å². The molecule has 2 rings (SSSR count). The van der Waals surface area contributed by atoms with Gasteiger partial charge in [-0.1, -0.05) is 0 Å². The summed E-state index contributed by atoms with van der Waals surface area (Å²) in [5.74, 6) is -1.20. The van der Waals surface area contributed by atoms with E-state index < -0.39 is 16.6 Å². The molecule has 0 saturated heterocycles. The van der Waals surface area contributed by atoms with Crippen molar-refractivity contribution >= 4 is 22.7 Å². The van der Waals surface area contributed by atoms with Gasteiger partial charge in [0.1, 0.15) is 11.6 Å². The number of hydrogen-bond donors (Lipinski definition) is 2. The van der Waals surface area contributed by atoms with Crippen LogP contribution in [0.1, 0.15) is 5.56 Å². The van der Waals surface area contributed by atoms with E-state index in [0.29, 0.717) is 0 Å². The molecule has 2 aromatic rings. The Bertz CT molecular complexity index is 690. The van der Waals surface area contributed by atoms with Crippen LogP contribution in [0.4, 0.5) is 31.5 Å². The van der Waals surface area contributed by atoms with E-state index in [-0.39, 0.29) is 28.3 Å². The van der Waals surface area contributed by atoms with Gasteiger partial charge in [-0.15, -0.1) is 0 Å². The van der Waals surface area contributed by atoms with Crippen molar-refractivity contribution in [2.24, 2.45) is 0 Å². The average Bonchev–Trinajstić information content (AvgIpc) is 2.37. The second-order valence-electron chi connectivity index (χ2n) is 4.23. The quantitative estimate of drug-likeness (QED) is 0.512. The molecule has 0 heterocycles. The standard InChI is InChI=1S/C13H11F2N3O2/c1-7-4-10(15)13(6-9(7)14)17-12-3-2-8(18(19)20)5-11(12)16/h2-6,17H,16H2,1H3. The molecular formula is C13H11F2N3O2. The van der Waals surface area contributed by atoms with Crippen LogP contribution in [0.25, 0.3) is 0 Å². The molecule has 0 radical (unpaired) electrons. The van der Waals surface area contributed by atoms with Crippen molar-refractivity contribution in [3.8, 4) is 0 Å². The number of rotatable bonds is 3. The fourth-order valence-electron chi connectivity index (χ4n) is 1.66. The number of nitrogens with two attached hydrogens (primary N) is 1. The Labute approximate surface area is 113 Å². The van der Waals surface area contributed by atoms with E-state index in [1.807, 2.05) is 0 Å². The fraction of sp³-hybridized carbons (Fsp3) is 0.0769. The Morgan fingerprint density at radius 2 is 1.85 bits per heavy atom. The normalized spacial score (nSPS) is 10.3. The minimum atomic E-state index is -0.637. The van der Waals surface area contributed by atoms with Crippen LogP contribution in [0.15, 0.2) is 30.3 Å². The van der Waals surface area contributed by atoms with Crippen LogP contribution in [0, 0.1) is 28.7 Å². The van der Waals surface area contributed by atoms with Crippen molar-refractivity contribution in [3.05, 3.63) is 57.6 Å². The lowest BCUT2D eigenvalue weighted by Gasteiger charge is -2.11. The van der Waals surface area contributed by atoms with Gasteiger partial charge in [0.2, 0.25) is 0 Å². The Morgan fingerprint density at radius 3 is 2.45 bits per heavy atom. The zero-order chi connectivity index (χ0) is 14.9. The SMILES string of the molecule is Cc1cc(F)c(Nc2ccc([N+](=O)[O-])cc2N)cc1F. The van der Waals surface area contributed by atoms with E-state index in [9.17, 15) is 18.9 Å². The Balaban J connectivity index is 2.35. The Hall–Kier alpha value is -2.70. The van der Waals surface area contributed by atoms with Crippen molar-refractivity contribution in [3.63, 3.8) is 0 Å². The molecule has 0 unspecified atom stereocenters. The number of nitrogens with zero attached hydrogens (tertiary/aromatic N) is 1. The van der Waals surface area contributed by atoms with Crippen LogP contribution >= 0.6 is 0 Å². The van der Waals surface area contributed by atoms with Gasteiger partial charge in [0, 0.05) is 18.2 Å². The molecule has 0 saturated carbocycles. The molecule has 104 valence electrons. The molecule has 0 bridgehead atoms. The van der Waals surface area contributed by atoms with E-state index in [4.69, 9.17) is 5.73 Å². The summed E-state index contributed by atoms with van der Waals surface area (Å²) >= 11 is 0. The minimum absolute atomic E-state index is 0.0691. The molecule has 2 aromatic carbocycles. The summed E-state index contributed by atoms with van der Waals surface area (Å²) in [6, 6.07) is 5.77. The van der Waals surface area contributed by atoms with Crippen LogP contribution in [0.3, 0.4) is 0 Å². The molecule has 0 amide bonds. The lowest BCUT2D eigenvalue weighted by atomic mass is 10.2. The number of nitro benzene ring substituents is 1. The molecule has 20 heavy (non-hydrogen) atoms. The van der Waals surface area contributed by atoms with Gasteiger partial charge in [0.05, 0.1) is 22.0 Å². The molecule has 0 aliphatic carbocycles. The first-order chi connectivity index (χ1) is 9.38. The van der Waals surface area contributed by atoms with Gasteiger partial charge < -0.3 is 11.1 Å². The van der Waals surface area contributed by atoms with Gasteiger partial charge in [-0.2, -0.15) is 0 Å². The molecule has 3 N–H and O–H groups in total. The van der Waals surface area contributed by atoms with Crippen molar-refractivity contribution in [2.75, 3.05) is 11.1 Å². The number of aryl methyl sites for hydroxylation is 1. The maximum Gasteiger partial charge on any atom is 0.271 e. The number of non-ortho nitro benzene ring substituents is 1. The molecule has 0 spiro atoms. The number of benzene rings is 2. The second kappa shape index (κ2) is 5.12. The molecule has 0 aromatic heterocycles. The van der Waals surface area contributed by atoms with Crippen molar-refractivity contribution < 1.29 is 13.7 Å². The van der Waals surface area contributed by atoms with Gasteiger partial charge in [-0.25, -0.2) is 8.78 Å². The first-order valence-corrected chi connectivity index (χ1v) is 5.65. The van der Waals surface area contributed by atoms with E-state index in [1.165, 1.54) is 19.1 Å². The zero-order valence-corrected chi connectivity index (χ0v) is 10.5. The summed E-state index contributed by atoms with van der Waals surface area (Å²) in [6.07, 6.45) is 0. The number of nitrogens with one attached hydrogen (secondary N) is 1. The van der Waals surface area contributed by atoms with Gasteiger partial charge in [0.15, 0.2) is 0 Å². The van der Waals surface area contributed by atoms with E-state index in [1.54, 1.807) is 0 Å². The van der Waals surface area contributed by atoms with Crippen molar-refractivity contribution in [2.45, 2.75) is 6.92 Å². The average molecular weight is 279 g/mol. The highest BCUT2D eigenvalue weighted by atomic mass is 19.1. The second-order valence-corrected chi connectivity index (χ2v) is 4.23. The summed E-state index contributed by atoms with van der Waals surface area (Å²) in [4.78, 5) is 9.99. The molecule has 7 heteroatoms. The maximum absolute atomic E-state index is 13.7. The lowest BCUT2D eigenvalue weighted by Crippen LogP contribution is -2.00. The maximum atomic E-state index is 13.7. The number of hydrogen-bond acceptors (Lipinski definition) is 4. The molecular weight excluding hydrogens is 268 g/mol. The highest BCUT2D eigenvalue weighted by Gasteiger charge is 2.12. The van der Waals surface area contributed by atoms with E-state index in [0.717, 1.165) is 18.2 Å². The minimum Gasteiger partial charge on any atom is -0.397 e. The molecule has 5 nitrogen and oxygen atoms in total. The van der Waals surface area contributed by atoms with Crippen LogP contribution in [-0.4, -0.2) is 4.92 Å². The van der Waals surface area contributed by atoms with E-state index in [2.05, 4.69) is 5.32 Å². The summed E-state index contributed by atoms with van der Waals surface area (Å²) in [7, 11) is 0. The topological polar surface area (TPSA) is 81.2 Å². The van der Waals surface area contributed by atoms with Gasteiger partial charge in [0.25, 0.3) is 5.69 Å². The molecule has 0 atom stereocenters. The van der Waals surface area contributed by atoms with Crippen molar-refractivity contribution in [1.29, 1.82) is 0 Å². The smallest absolute Gasteiger partial charge is 0.271 e. The predicted molar refractivity (Wildman–Crippen MR) is 71.9 cm³/mol. The number of halogens is 2. The van der Waals surface area contributed by atoms with Gasteiger partial charge in [-0.05, 0) is 24.6 Å². The van der Waals surface area contributed by atoms with Crippen LogP contribution in [0.2, 0.25) is 0 Å². The third-order valence-electron chi connectivity index (χ3n) is 2.76. The number of nitrogen functional groups attached to an aromatic ring is 1. The summed E-state index contributed by atoms with van der Waals surface area (Å²) < 4.78 is 27.1. The lowest BCUT2D eigenvalue weighted by molar-refractivity contribution is -0.384. The summed E-state index contributed by atoms with van der Waals surface area (Å²) in [6.45, 7) is 1.45. The largest absolute Gasteiger partial charge is 0.397 e. The predicted octanol–water partition coefficient (Wildman–Crippen LogP) is 3.51. The third-order valence-corrected chi connectivity index (χ3v) is 2.76. The molecule has 0 aliphatic rings. The fourth-order valence-corrected chi connectivity index (χ4v) is 1.66. The third kappa shape index (κ3) is 2.66. The Morgan fingerprint density at radius 1 is 1.15 bits per heavy atom. The molecule has 0 aliphatic heterocycles.